The molecule has 1 aromatic carbocycles. The first-order valence-electron chi connectivity index (χ1n) is 10.4. The predicted octanol–water partition coefficient (Wildman–Crippen LogP) is 4.60. The van der Waals surface area contributed by atoms with E-state index in [1.54, 1.807) is 0 Å². The van der Waals surface area contributed by atoms with E-state index in [9.17, 15) is 13.6 Å². The molecule has 0 spiro atoms. The third kappa shape index (κ3) is 4.22. The fourth-order valence-electron chi connectivity index (χ4n) is 3.71. The van der Waals surface area contributed by atoms with Gasteiger partial charge in [0, 0.05) is 0 Å². The van der Waals surface area contributed by atoms with Crippen molar-refractivity contribution in [1.29, 1.82) is 0 Å². The lowest BCUT2D eigenvalue weighted by Crippen LogP contribution is -2.17. The summed E-state index contributed by atoms with van der Waals surface area (Å²) in [6.07, 6.45) is 0.540. The highest BCUT2D eigenvalue weighted by Crippen LogP contribution is 2.53. The van der Waals surface area contributed by atoms with E-state index in [0.717, 1.165) is 35.1 Å². The molecule has 31 heavy (non-hydrogen) atoms. The SMILES string of the molecule is CCCCOC(=O)Cn1nc(-c2nc(C3(c4ccccc4C)CC3)no2)cc1C(F)F. The first kappa shape index (κ1) is 21.1. The summed E-state index contributed by atoms with van der Waals surface area (Å²) < 4.78 is 38.4. The number of esters is 1. The standard InChI is InChI=1S/C22H24F2N4O3/c1-3-4-11-30-18(29)13-28-17(19(23)24)12-16(26-28)20-25-21(27-31-20)22(9-10-22)15-8-6-5-7-14(15)2/h5-8,12,19H,3-4,9-11,13H2,1-2H3. The second-order valence-corrected chi connectivity index (χ2v) is 7.81. The average Bonchev–Trinajstić information content (AvgIpc) is 3.19. The highest BCUT2D eigenvalue weighted by atomic mass is 19.3. The topological polar surface area (TPSA) is 83.0 Å². The minimum Gasteiger partial charge on any atom is -0.464 e. The predicted molar refractivity (Wildman–Crippen MR) is 108 cm³/mol. The molecule has 0 radical (unpaired) electrons. The van der Waals surface area contributed by atoms with Crippen LogP contribution in [0.5, 0.6) is 0 Å². The normalized spacial score (nSPS) is 14.7. The Kier molecular flexibility index (Phi) is 5.84. The molecule has 0 amide bonds. The highest BCUT2D eigenvalue weighted by Gasteiger charge is 2.50. The summed E-state index contributed by atoms with van der Waals surface area (Å²) >= 11 is 0. The van der Waals surface area contributed by atoms with Gasteiger partial charge in [0.25, 0.3) is 12.3 Å². The van der Waals surface area contributed by atoms with Crippen LogP contribution in [-0.2, 0) is 21.5 Å². The Morgan fingerprint density at radius 3 is 2.77 bits per heavy atom. The number of aromatic nitrogens is 4. The van der Waals surface area contributed by atoms with Crippen molar-refractivity contribution >= 4 is 5.97 Å². The molecule has 3 aromatic rings. The molecule has 4 rings (SSSR count). The minimum atomic E-state index is -2.81. The van der Waals surface area contributed by atoms with Gasteiger partial charge in [-0.25, -0.2) is 8.78 Å². The van der Waals surface area contributed by atoms with Crippen molar-refractivity contribution in [3.05, 3.63) is 53.0 Å². The first-order valence-corrected chi connectivity index (χ1v) is 10.4. The highest BCUT2D eigenvalue weighted by molar-refractivity contribution is 5.69. The molecular formula is C22H24F2N4O3. The number of halogens is 2. The lowest BCUT2D eigenvalue weighted by Gasteiger charge is -2.13. The van der Waals surface area contributed by atoms with Gasteiger partial charge in [0.1, 0.15) is 12.2 Å². The van der Waals surface area contributed by atoms with Crippen molar-refractivity contribution in [2.75, 3.05) is 6.61 Å². The van der Waals surface area contributed by atoms with Crippen molar-refractivity contribution in [2.45, 2.75) is 57.9 Å². The van der Waals surface area contributed by atoms with Gasteiger partial charge in [0.15, 0.2) is 11.5 Å². The van der Waals surface area contributed by atoms with Crippen LogP contribution < -0.4 is 0 Å². The fraction of sp³-hybridized carbons (Fsp3) is 0.455. The Labute approximate surface area is 178 Å². The summed E-state index contributed by atoms with van der Waals surface area (Å²) in [5, 5.41) is 8.24. The number of carbonyl (C=O) groups excluding carboxylic acids is 1. The van der Waals surface area contributed by atoms with Crippen LogP contribution in [0.3, 0.4) is 0 Å². The molecule has 0 aliphatic heterocycles. The van der Waals surface area contributed by atoms with Crippen LogP contribution in [0.1, 0.15) is 61.7 Å². The van der Waals surface area contributed by atoms with E-state index in [4.69, 9.17) is 9.26 Å². The van der Waals surface area contributed by atoms with Gasteiger partial charge >= 0.3 is 5.97 Å². The van der Waals surface area contributed by atoms with Gasteiger partial charge in [-0.05, 0) is 43.4 Å². The van der Waals surface area contributed by atoms with E-state index >= 15 is 0 Å². The summed E-state index contributed by atoms with van der Waals surface area (Å²) in [7, 11) is 0. The zero-order valence-electron chi connectivity index (χ0n) is 17.5. The Morgan fingerprint density at radius 1 is 1.32 bits per heavy atom. The number of rotatable bonds is 9. The number of unbranched alkanes of at least 4 members (excludes halogenated alkanes) is 1. The van der Waals surface area contributed by atoms with Crippen molar-refractivity contribution in [3.63, 3.8) is 0 Å². The summed E-state index contributed by atoms with van der Waals surface area (Å²) in [4.78, 5) is 16.4. The lowest BCUT2D eigenvalue weighted by molar-refractivity contribution is -0.144. The Morgan fingerprint density at radius 2 is 2.10 bits per heavy atom. The average molecular weight is 430 g/mol. The van der Waals surface area contributed by atoms with E-state index in [1.807, 2.05) is 38.1 Å². The molecule has 1 fully saturated rings. The number of hydrogen-bond donors (Lipinski definition) is 0. The van der Waals surface area contributed by atoms with E-state index in [2.05, 4.69) is 15.2 Å². The maximum absolute atomic E-state index is 13.5. The van der Waals surface area contributed by atoms with Gasteiger partial charge < -0.3 is 9.26 Å². The minimum absolute atomic E-state index is 0.0508. The van der Waals surface area contributed by atoms with Gasteiger partial charge in [-0.3, -0.25) is 9.48 Å². The van der Waals surface area contributed by atoms with Crippen molar-refractivity contribution in [1.82, 2.24) is 19.9 Å². The number of alkyl halides is 2. The summed E-state index contributed by atoms with van der Waals surface area (Å²) in [5.41, 5.74) is 1.66. The fourth-order valence-corrected chi connectivity index (χ4v) is 3.71. The smallest absolute Gasteiger partial charge is 0.327 e. The Balaban J connectivity index is 1.58. The third-order valence-corrected chi connectivity index (χ3v) is 5.56. The van der Waals surface area contributed by atoms with Crippen LogP contribution in [0, 0.1) is 6.92 Å². The zero-order valence-corrected chi connectivity index (χ0v) is 17.5. The number of carbonyl (C=O) groups is 1. The lowest BCUT2D eigenvalue weighted by atomic mass is 9.91. The third-order valence-electron chi connectivity index (χ3n) is 5.56. The van der Waals surface area contributed by atoms with Crippen molar-refractivity contribution in [3.8, 4) is 11.6 Å². The van der Waals surface area contributed by atoms with Crippen LogP contribution in [0.25, 0.3) is 11.6 Å². The van der Waals surface area contributed by atoms with E-state index in [-0.39, 0.29) is 23.6 Å². The maximum Gasteiger partial charge on any atom is 0.327 e. The monoisotopic (exact) mass is 430 g/mol. The molecule has 1 aliphatic carbocycles. The van der Waals surface area contributed by atoms with Crippen LogP contribution in [0.4, 0.5) is 8.78 Å². The molecule has 0 unspecified atom stereocenters. The van der Waals surface area contributed by atoms with Gasteiger partial charge in [-0.15, -0.1) is 0 Å². The Bertz CT molecular complexity index is 1070. The second kappa shape index (κ2) is 8.56. The number of hydrogen-bond acceptors (Lipinski definition) is 6. The molecule has 0 N–H and O–H groups in total. The maximum atomic E-state index is 13.5. The summed E-state index contributed by atoms with van der Waals surface area (Å²) in [6, 6.07) is 9.20. The van der Waals surface area contributed by atoms with E-state index < -0.39 is 24.6 Å². The number of aryl methyl sites for hydroxylation is 1. The number of nitrogens with zero attached hydrogens (tertiary/aromatic N) is 4. The molecule has 0 bridgehead atoms. The largest absolute Gasteiger partial charge is 0.464 e. The zero-order chi connectivity index (χ0) is 22.0. The quantitative estimate of drug-likeness (QED) is 0.364. The van der Waals surface area contributed by atoms with Crippen LogP contribution >= 0.6 is 0 Å². The van der Waals surface area contributed by atoms with Gasteiger partial charge in [-0.2, -0.15) is 10.1 Å². The molecule has 1 aliphatic rings. The number of ether oxygens (including phenoxy) is 1. The molecule has 2 heterocycles. The van der Waals surface area contributed by atoms with E-state index in [0.29, 0.717) is 12.2 Å². The Hall–Kier alpha value is -3.10. The van der Waals surface area contributed by atoms with E-state index in [1.165, 1.54) is 6.07 Å². The van der Waals surface area contributed by atoms with Gasteiger partial charge in [-0.1, -0.05) is 42.8 Å². The van der Waals surface area contributed by atoms with Gasteiger partial charge in [0.05, 0.1) is 12.0 Å². The molecule has 9 heteroatoms. The molecule has 0 saturated heterocycles. The summed E-state index contributed by atoms with van der Waals surface area (Å²) in [6.45, 7) is 3.84. The first-order chi connectivity index (χ1) is 14.9. The molecule has 1 saturated carbocycles. The molecule has 0 atom stereocenters. The second-order valence-electron chi connectivity index (χ2n) is 7.81. The van der Waals surface area contributed by atoms with Gasteiger partial charge in [0.2, 0.25) is 0 Å². The molecule has 164 valence electrons. The summed E-state index contributed by atoms with van der Waals surface area (Å²) in [5.74, 6) is -0.0495. The van der Waals surface area contributed by atoms with Crippen LogP contribution in [0.15, 0.2) is 34.9 Å². The van der Waals surface area contributed by atoms with Crippen LogP contribution in [0.2, 0.25) is 0 Å². The molecule has 2 aromatic heterocycles. The molecular weight excluding hydrogens is 406 g/mol. The van der Waals surface area contributed by atoms with Crippen LogP contribution in [-0.4, -0.2) is 32.5 Å². The van der Waals surface area contributed by atoms with Crippen molar-refractivity contribution < 1.29 is 22.8 Å². The molecule has 7 nitrogen and oxygen atoms in total. The number of benzene rings is 1. The van der Waals surface area contributed by atoms with Crippen molar-refractivity contribution in [2.24, 2.45) is 0 Å².